The van der Waals surface area contributed by atoms with Crippen LogP contribution in [-0.4, -0.2) is 29.6 Å². The normalized spacial score (nSPS) is 23.3. The van der Waals surface area contributed by atoms with Gasteiger partial charge in [-0.3, -0.25) is 10.1 Å². The molecule has 8 nitrogen and oxygen atoms in total. The van der Waals surface area contributed by atoms with Crippen molar-refractivity contribution in [3.8, 4) is 0 Å². The van der Waals surface area contributed by atoms with E-state index in [1.165, 1.54) is 0 Å². The fourth-order valence-electron chi connectivity index (χ4n) is 3.18. The van der Waals surface area contributed by atoms with E-state index in [0.717, 1.165) is 31.4 Å². The summed E-state index contributed by atoms with van der Waals surface area (Å²) >= 11 is 0. The first kappa shape index (κ1) is 19.0. The molecule has 0 aromatic carbocycles. The molecule has 0 bridgehead atoms. The molecule has 0 N–H and O–H groups in total. The molecule has 1 heterocycles. The van der Waals surface area contributed by atoms with Gasteiger partial charge in [-0.1, -0.05) is 27.2 Å². The van der Waals surface area contributed by atoms with Gasteiger partial charge in [-0.05, 0) is 36.7 Å². The molecule has 3 atom stereocenters. The molecule has 25 heavy (non-hydrogen) atoms. The van der Waals surface area contributed by atoms with Crippen molar-refractivity contribution < 1.29 is 28.4 Å². The molecule has 0 radical (unpaired) electrons. The minimum Gasteiger partial charge on any atom is -0.460 e. The predicted octanol–water partition coefficient (Wildman–Crippen LogP) is 3.35. The van der Waals surface area contributed by atoms with E-state index in [-0.39, 0.29) is 11.9 Å². The Balaban J connectivity index is 1.86. The van der Waals surface area contributed by atoms with Crippen molar-refractivity contribution in [3.63, 3.8) is 0 Å². The van der Waals surface area contributed by atoms with E-state index >= 15 is 0 Å². The van der Waals surface area contributed by atoms with Crippen LogP contribution in [0, 0.1) is 27.9 Å². The molecule has 1 aliphatic rings. The quantitative estimate of drug-likeness (QED) is 0.438. The van der Waals surface area contributed by atoms with E-state index in [0.29, 0.717) is 17.8 Å². The highest BCUT2D eigenvalue weighted by Crippen LogP contribution is 2.35. The van der Waals surface area contributed by atoms with Gasteiger partial charge in [0.15, 0.2) is 6.61 Å². The van der Waals surface area contributed by atoms with Crippen LogP contribution < -0.4 is 0 Å². The van der Waals surface area contributed by atoms with Gasteiger partial charge in [0.25, 0.3) is 0 Å². The Morgan fingerprint density at radius 2 is 2.08 bits per heavy atom. The van der Waals surface area contributed by atoms with Gasteiger partial charge in [0.2, 0.25) is 5.76 Å². The average Bonchev–Trinajstić information content (AvgIpc) is 3.02. The molecule has 1 aliphatic carbocycles. The van der Waals surface area contributed by atoms with Crippen LogP contribution >= 0.6 is 0 Å². The summed E-state index contributed by atoms with van der Waals surface area (Å²) in [5.74, 6) is -1.28. The number of nitrogens with zero attached hydrogens (tertiary/aromatic N) is 1. The largest absolute Gasteiger partial charge is 0.460 e. The summed E-state index contributed by atoms with van der Waals surface area (Å²) in [5, 5.41) is 10.5. The molecule has 8 heteroatoms. The fraction of sp³-hybridized carbons (Fsp3) is 0.647. The minimum atomic E-state index is -0.942. The molecule has 138 valence electrons. The maximum atomic E-state index is 12.0. The third-order valence-electron chi connectivity index (χ3n) is 4.54. The van der Waals surface area contributed by atoms with Crippen LogP contribution in [0.2, 0.25) is 0 Å². The Bertz CT molecular complexity index is 637. The lowest BCUT2D eigenvalue weighted by Crippen LogP contribution is -2.36. The monoisotopic (exact) mass is 353 g/mol. The molecule has 0 unspecified atom stereocenters. The summed E-state index contributed by atoms with van der Waals surface area (Å²) in [6, 6.07) is 2.18. The van der Waals surface area contributed by atoms with Gasteiger partial charge in [-0.25, -0.2) is 9.59 Å². The molecule has 1 saturated carbocycles. The second-order valence-corrected chi connectivity index (χ2v) is 6.83. The molecule has 1 aromatic heterocycles. The van der Waals surface area contributed by atoms with Gasteiger partial charge in [0.1, 0.15) is 11.0 Å². The average molecular weight is 353 g/mol. The summed E-state index contributed by atoms with van der Waals surface area (Å²) in [7, 11) is 0. The highest BCUT2D eigenvalue weighted by atomic mass is 16.7. The third-order valence-corrected chi connectivity index (χ3v) is 4.54. The van der Waals surface area contributed by atoms with Gasteiger partial charge >= 0.3 is 17.8 Å². The minimum absolute atomic E-state index is 0.181. The van der Waals surface area contributed by atoms with Crippen LogP contribution in [0.5, 0.6) is 0 Å². The maximum Gasteiger partial charge on any atom is 0.433 e. The molecule has 1 aromatic rings. The standard InChI is InChI=1S/C17H23NO7/c1-10(2)12-5-4-11(3)8-14(12)25-16(19)9-23-17(20)13-6-7-15(24-13)18(21)22/h6-7,10-12,14H,4-5,8-9H2,1-3H3/t11-,12-,14-/m1/s1. The molecule has 1 fully saturated rings. The fourth-order valence-corrected chi connectivity index (χ4v) is 3.18. The number of hydrogen-bond acceptors (Lipinski definition) is 7. The van der Waals surface area contributed by atoms with Crippen LogP contribution in [0.25, 0.3) is 0 Å². The van der Waals surface area contributed by atoms with Crippen LogP contribution in [-0.2, 0) is 14.3 Å². The number of hydrogen-bond donors (Lipinski definition) is 0. The first-order valence-corrected chi connectivity index (χ1v) is 8.38. The van der Waals surface area contributed by atoms with Crippen LogP contribution in [0.3, 0.4) is 0 Å². The van der Waals surface area contributed by atoms with Crippen molar-refractivity contribution in [2.24, 2.45) is 17.8 Å². The first-order valence-electron chi connectivity index (χ1n) is 8.38. The maximum absolute atomic E-state index is 12.0. The number of carbonyl (C=O) groups excluding carboxylic acids is 2. The van der Waals surface area contributed by atoms with Gasteiger partial charge in [0, 0.05) is 0 Å². The van der Waals surface area contributed by atoms with Crippen molar-refractivity contribution in [1.29, 1.82) is 0 Å². The van der Waals surface area contributed by atoms with Crippen molar-refractivity contribution in [1.82, 2.24) is 0 Å². The Hall–Kier alpha value is -2.38. The molecule has 2 rings (SSSR count). The Morgan fingerprint density at radius 1 is 1.36 bits per heavy atom. The zero-order chi connectivity index (χ0) is 18.6. The van der Waals surface area contributed by atoms with Crippen LogP contribution in [0.4, 0.5) is 5.88 Å². The molecular formula is C17H23NO7. The highest BCUT2D eigenvalue weighted by Gasteiger charge is 2.33. The van der Waals surface area contributed by atoms with E-state index in [1.807, 2.05) is 0 Å². The summed E-state index contributed by atoms with van der Waals surface area (Å²) in [4.78, 5) is 33.5. The van der Waals surface area contributed by atoms with Gasteiger partial charge in [-0.15, -0.1) is 0 Å². The zero-order valence-corrected chi connectivity index (χ0v) is 14.6. The van der Waals surface area contributed by atoms with Crippen molar-refractivity contribution in [2.75, 3.05) is 6.61 Å². The van der Waals surface area contributed by atoms with E-state index < -0.39 is 29.4 Å². The number of furan rings is 1. The predicted molar refractivity (Wildman–Crippen MR) is 86.9 cm³/mol. The van der Waals surface area contributed by atoms with E-state index in [1.54, 1.807) is 0 Å². The van der Waals surface area contributed by atoms with Crippen molar-refractivity contribution >= 4 is 17.8 Å². The van der Waals surface area contributed by atoms with Crippen LogP contribution in [0.15, 0.2) is 16.5 Å². The van der Waals surface area contributed by atoms with E-state index in [2.05, 4.69) is 20.8 Å². The Kier molecular flexibility index (Phi) is 6.17. The zero-order valence-electron chi connectivity index (χ0n) is 14.6. The highest BCUT2D eigenvalue weighted by molar-refractivity contribution is 5.88. The molecular weight excluding hydrogens is 330 g/mol. The summed E-state index contributed by atoms with van der Waals surface area (Å²) in [5.41, 5.74) is 0. The van der Waals surface area contributed by atoms with Crippen LogP contribution in [0.1, 0.15) is 50.6 Å². The lowest BCUT2D eigenvalue weighted by atomic mass is 9.75. The Morgan fingerprint density at radius 3 is 2.68 bits per heavy atom. The summed E-state index contributed by atoms with van der Waals surface area (Å²) in [6.07, 6.45) is 2.74. The van der Waals surface area contributed by atoms with Gasteiger partial charge < -0.3 is 13.9 Å². The molecule has 0 aliphatic heterocycles. The second-order valence-electron chi connectivity index (χ2n) is 6.83. The molecule has 0 saturated heterocycles. The Labute approximate surface area is 145 Å². The van der Waals surface area contributed by atoms with Gasteiger partial charge in [-0.2, -0.15) is 0 Å². The van der Waals surface area contributed by atoms with Gasteiger partial charge in [0.05, 0.1) is 6.07 Å². The number of rotatable bonds is 6. The number of nitro groups is 1. The SMILES string of the molecule is CC(C)[C@H]1CC[C@@H](C)C[C@H]1OC(=O)COC(=O)c1ccc([N+](=O)[O-])o1. The topological polar surface area (TPSA) is 109 Å². The van der Waals surface area contributed by atoms with Crippen molar-refractivity contribution in [2.45, 2.75) is 46.1 Å². The third kappa shape index (κ3) is 5.04. The number of ether oxygens (including phenoxy) is 2. The number of carbonyl (C=O) groups is 2. The summed E-state index contributed by atoms with van der Waals surface area (Å²) < 4.78 is 15.1. The lowest BCUT2D eigenvalue weighted by Gasteiger charge is -2.36. The van der Waals surface area contributed by atoms with Crippen molar-refractivity contribution in [3.05, 3.63) is 28.0 Å². The van der Waals surface area contributed by atoms with E-state index in [4.69, 9.17) is 13.9 Å². The molecule has 0 spiro atoms. The lowest BCUT2D eigenvalue weighted by molar-refractivity contribution is -0.402. The number of esters is 2. The van der Waals surface area contributed by atoms with E-state index in [9.17, 15) is 19.7 Å². The second kappa shape index (κ2) is 8.13. The smallest absolute Gasteiger partial charge is 0.433 e. The first-order chi connectivity index (χ1) is 11.8. The molecule has 0 amide bonds. The summed E-state index contributed by atoms with van der Waals surface area (Å²) in [6.45, 7) is 5.78.